The minimum Gasteiger partial charge on any atom is -0.267 e. The van der Waals surface area contributed by atoms with Crippen molar-refractivity contribution in [2.75, 3.05) is 0 Å². The second-order valence-corrected chi connectivity index (χ2v) is 7.29. The lowest BCUT2D eigenvalue weighted by atomic mass is 10.1. The number of rotatable bonds is 3. The summed E-state index contributed by atoms with van der Waals surface area (Å²) in [5, 5.41) is 2.02. The van der Waals surface area contributed by atoms with Gasteiger partial charge in [0.25, 0.3) is 11.8 Å². The molecule has 0 bridgehead atoms. The Hall–Kier alpha value is -3.10. The Labute approximate surface area is 164 Å². The van der Waals surface area contributed by atoms with E-state index in [1.807, 2.05) is 30.3 Å². The highest BCUT2D eigenvalue weighted by Crippen LogP contribution is 2.32. The summed E-state index contributed by atoms with van der Waals surface area (Å²) in [4.78, 5) is 33.7. The summed E-state index contributed by atoms with van der Waals surface area (Å²) in [6, 6.07) is 12.8. The van der Waals surface area contributed by atoms with Crippen LogP contribution in [0.3, 0.4) is 0 Å². The molecule has 132 valence electrons. The highest BCUT2D eigenvalue weighted by Gasteiger charge is 2.33. The van der Waals surface area contributed by atoms with E-state index in [0.717, 1.165) is 33.2 Å². The maximum Gasteiger partial charge on any atom is 0.285 e. The quantitative estimate of drug-likeness (QED) is 0.545. The maximum absolute atomic E-state index is 12.7. The molecule has 27 heavy (non-hydrogen) atoms. The van der Waals surface area contributed by atoms with Crippen molar-refractivity contribution in [2.45, 2.75) is 0 Å². The number of nitrogens with zero attached hydrogens (tertiary/aromatic N) is 3. The highest BCUT2D eigenvalue weighted by atomic mass is 32.2. The van der Waals surface area contributed by atoms with Crippen LogP contribution in [0.25, 0.3) is 17.0 Å². The molecule has 3 aromatic rings. The molecule has 1 saturated heterocycles. The predicted octanol–water partition coefficient (Wildman–Crippen LogP) is 3.18. The average Bonchev–Trinajstić information content (AvgIpc) is 2.96. The summed E-state index contributed by atoms with van der Waals surface area (Å²) in [5.74, 6) is -0.821. The van der Waals surface area contributed by atoms with Crippen LogP contribution in [0.1, 0.15) is 15.9 Å². The third-order valence-electron chi connectivity index (χ3n) is 3.90. The number of aromatic nitrogens is 2. The zero-order valence-corrected chi connectivity index (χ0v) is 15.5. The molecule has 1 aliphatic heterocycles. The first kappa shape index (κ1) is 17.3. The van der Waals surface area contributed by atoms with E-state index in [1.165, 1.54) is 6.20 Å². The molecule has 0 unspecified atom stereocenters. The smallest absolute Gasteiger partial charge is 0.267 e. The largest absolute Gasteiger partial charge is 0.285 e. The fourth-order valence-corrected chi connectivity index (χ4v) is 3.78. The first-order chi connectivity index (χ1) is 13.1. The summed E-state index contributed by atoms with van der Waals surface area (Å²) in [5.41, 5.74) is 4.58. The van der Waals surface area contributed by atoms with E-state index in [2.05, 4.69) is 15.4 Å². The fourth-order valence-electron chi connectivity index (χ4n) is 2.61. The average molecular weight is 392 g/mol. The second kappa shape index (κ2) is 7.26. The van der Waals surface area contributed by atoms with Gasteiger partial charge in [-0.2, -0.15) is 5.01 Å². The van der Waals surface area contributed by atoms with Gasteiger partial charge in [0.2, 0.25) is 0 Å². The van der Waals surface area contributed by atoms with Gasteiger partial charge < -0.3 is 0 Å². The molecule has 2 amide bonds. The number of carbonyl (C=O) groups is 2. The van der Waals surface area contributed by atoms with Gasteiger partial charge in [0.15, 0.2) is 4.32 Å². The summed E-state index contributed by atoms with van der Waals surface area (Å²) in [6.45, 7) is 0. The number of hydrazine groups is 1. The first-order valence-electron chi connectivity index (χ1n) is 7.96. The van der Waals surface area contributed by atoms with Crippen LogP contribution in [-0.4, -0.2) is 31.1 Å². The van der Waals surface area contributed by atoms with Crippen molar-refractivity contribution < 1.29 is 9.59 Å². The number of hydrogen-bond donors (Lipinski definition) is 1. The van der Waals surface area contributed by atoms with Gasteiger partial charge in [-0.25, -0.2) is 0 Å². The van der Waals surface area contributed by atoms with E-state index >= 15 is 0 Å². The zero-order chi connectivity index (χ0) is 18.8. The van der Waals surface area contributed by atoms with E-state index in [1.54, 1.807) is 30.6 Å². The van der Waals surface area contributed by atoms with Crippen LogP contribution in [0, 0.1) is 0 Å². The molecule has 0 radical (unpaired) electrons. The van der Waals surface area contributed by atoms with Crippen molar-refractivity contribution in [3.63, 3.8) is 0 Å². The van der Waals surface area contributed by atoms with E-state index in [4.69, 9.17) is 12.2 Å². The van der Waals surface area contributed by atoms with Crippen LogP contribution in [0.5, 0.6) is 0 Å². The Bertz CT molecular complexity index is 1090. The van der Waals surface area contributed by atoms with Gasteiger partial charge in [-0.3, -0.25) is 25.0 Å². The highest BCUT2D eigenvalue weighted by molar-refractivity contribution is 8.26. The number of thioether (sulfide) groups is 1. The lowest BCUT2D eigenvalue weighted by molar-refractivity contribution is -0.123. The minimum absolute atomic E-state index is 0.266. The molecule has 1 aromatic carbocycles. The van der Waals surface area contributed by atoms with Gasteiger partial charge in [0.05, 0.1) is 16.0 Å². The van der Waals surface area contributed by atoms with E-state index in [9.17, 15) is 9.59 Å². The number of amides is 2. The molecular formula is C19H12N4O2S2. The minimum atomic E-state index is -0.449. The number of pyridine rings is 2. The number of para-hydroxylation sites is 1. The van der Waals surface area contributed by atoms with Gasteiger partial charge in [0.1, 0.15) is 0 Å². The van der Waals surface area contributed by atoms with Crippen LogP contribution in [0.4, 0.5) is 0 Å². The van der Waals surface area contributed by atoms with Crippen molar-refractivity contribution in [3.8, 4) is 0 Å². The number of benzene rings is 1. The molecule has 0 atom stereocenters. The van der Waals surface area contributed by atoms with Crippen molar-refractivity contribution in [3.05, 3.63) is 77.1 Å². The number of hydrogen-bond acceptors (Lipinski definition) is 6. The van der Waals surface area contributed by atoms with Crippen molar-refractivity contribution >= 4 is 57.1 Å². The van der Waals surface area contributed by atoms with Crippen molar-refractivity contribution in [2.24, 2.45) is 0 Å². The molecule has 0 spiro atoms. The molecule has 3 heterocycles. The predicted molar refractivity (Wildman–Crippen MR) is 108 cm³/mol. The Morgan fingerprint density at radius 2 is 2.00 bits per heavy atom. The van der Waals surface area contributed by atoms with Crippen LogP contribution >= 0.6 is 24.0 Å². The molecular weight excluding hydrogens is 380 g/mol. The molecule has 1 aliphatic rings. The molecule has 4 rings (SSSR count). The Balaban J connectivity index is 1.61. The maximum atomic E-state index is 12.7. The van der Waals surface area contributed by atoms with E-state index in [0.29, 0.717) is 10.5 Å². The first-order valence-corrected chi connectivity index (χ1v) is 9.19. The molecule has 8 heteroatoms. The van der Waals surface area contributed by atoms with Gasteiger partial charge in [-0.15, -0.1) is 0 Å². The summed E-state index contributed by atoms with van der Waals surface area (Å²) < 4.78 is 0.266. The monoisotopic (exact) mass is 392 g/mol. The third kappa shape index (κ3) is 3.44. The second-order valence-electron chi connectivity index (χ2n) is 5.62. The normalized spacial score (nSPS) is 15.6. The van der Waals surface area contributed by atoms with Gasteiger partial charge in [-0.1, -0.05) is 30.0 Å². The van der Waals surface area contributed by atoms with Crippen LogP contribution in [0.15, 0.2) is 66.0 Å². The molecule has 0 aliphatic carbocycles. The molecule has 0 saturated carbocycles. The Morgan fingerprint density at radius 3 is 2.81 bits per heavy atom. The molecule has 1 fully saturated rings. The van der Waals surface area contributed by atoms with E-state index in [-0.39, 0.29) is 10.2 Å². The Morgan fingerprint density at radius 1 is 1.15 bits per heavy atom. The lowest BCUT2D eigenvalue weighted by Crippen LogP contribution is -2.44. The number of thiocarbonyl (C=S) groups is 1. The summed E-state index contributed by atoms with van der Waals surface area (Å²) >= 11 is 6.40. The number of nitrogens with one attached hydrogen (secondary N) is 1. The van der Waals surface area contributed by atoms with Crippen LogP contribution < -0.4 is 5.43 Å². The van der Waals surface area contributed by atoms with Gasteiger partial charge in [-0.05, 0) is 48.1 Å². The summed E-state index contributed by atoms with van der Waals surface area (Å²) in [6.07, 6.45) is 6.45. The molecule has 2 aromatic heterocycles. The van der Waals surface area contributed by atoms with E-state index < -0.39 is 5.91 Å². The number of fused-ring (bicyclic) bond motifs is 1. The van der Waals surface area contributed by atoms with Crippen LogP contribution in [-0.2, 0) is 4.79 Å². The lowest BCUT2D eigenvalue weighted by Gasteiger charge is -2.15. The topological polar surface area (TPSA) is 75.2 Å². The van der Waals surface area contributed by atoms with Gasteiger partial charge in [0, 0.05) is 24.0 Å². The third-order valence-corrected chi connectivity index (χ3v) is 5.20. The van der Waals surface area contributed by atoms with Crippen LogP contribution in [0.2, 0.25) is 0 Å². The van der Waals surface area contributed by atoms with Crippen molar-refractivity contribution in [1.82, 2.24) is 20.4 Å². The SMILES string of the molecule is O=C(NN1C(=O)C(=Cc2ccnc3ccccc23)SC1=S)c1cccnc1. The fraction of sp³-hybridized carbons (Fsp3) is 0. The standard InChI is InChI=1S/C19H12N4O2S2/c24-17(13-4-3-8-20-11-13)22-23-18(25)16(27-19(23)26)10-12-7-9-21-15-6-2-1-5-14(12)15/h1-11H,(H,22,24). The summed E-state index contributed by atoms with van der Waals surface area (Å²) in [7, 11) is 0. The zero-order valence-electron chi connectivity index (χ0n) is 13.8. The number of carbonyl (C=O) groups excluding carboxylic acids is 2. The molecule has 1 N–H and O–H groups in total. The van der Waals surface area contributed by atoms with Crippen molar-refractivity contribution in [1.29, 1.82) is 0 Å². The molecule has 6 nitrogen and oxygen atoms in total. The Kier molecular flexibility index (Phi) is 4.66. The van der Waals surface area contributed by atoms with Gasteiger partial charge >= 0.3 is 0 Å².